The molecule has 0 amide bonds. The second-order valence-electron chi connectivity index (χ2n) is 3.51. The van der Waals surface area contributed by atoms with Gasteiger partial charge in [0.25, 0.3) is 0 Å². The predicted octanol–water partition coefficient (Wildman–Crippen LogP) is 1.40. The fraction of sp³-hybridized carbons (Fsp3) is 0.600. The Kier molecular flexibility index (Phi) is 4.63. The van der Waals surface area contributed by atoms with E-state index in [1.54, 1.807) is 0 Å². The third kappa shape index (κ3) is 4.68. The van der Waals surface area contributed by atoms with Gasteiger partial charge in [0.1, 0.15) is 0 Å². The minimum atomic E-state index is -0.448. The molecule has 0 aromatic rings. The van der Waals surface area contributed by atoms with E-state index in [9.17, 15) is 9.59 Å². The highest BCUT2D eigenvalue weighted by Gasteiger charge is 2.15. The van der Waals surface area contributed by atoms with Gasteiger partial charge in [0.2, 0.25) is 0 Å². The molecule has 0 unspecified atom stereocenters. The molecule has 0 spiro atoms. The van der Waals surface area contributed by atoms with Gasteiger partial charge in [0.15, 0.2) is 0 Å². The van der Waals surface area contributed by atoms with E-state index in [4.69, 9.17) is 0 Å². The summed E-state index contributed by atoms with van der Waals surface area (Å²) in [6, 6.07) is 0. The first-order valence-corrected chi connectivity index (χ1v) is 5.04. The third-order valence-electron chi connectivity index (χ3n) is 1.95. The summed E-state index contributed by atoms with van der Waals surface area (Å²) in [6.07, 6.45) is 2.89. The lowest BCUT2D eigenvalue weighted by Gasteiger charge is -2.13. The third-order valence-corrected chi connectivity index (χ3v) is 1.95. The lowest BCUT2D eigenvalue weighted by molar-refractivity contribution is -0.141. The van der Waals surface area contributed by atoms with Crippen LogP contribution in [0.1, 0.15) is 39.5 Å². The van der Waals surface area contributed by atoms with Crippen molar-refractivity contribution in [2.24, 2.45) is 10.3 Å². The molecule has 1 fully saturated rings. The number of rotatable bonds is 2. The van der Waals surface area contributed by atoms with E-state index in [-0.39, 0.29) is 0 Å². The number of oxime groups is 2. The summed E-state index contributed by atoms with van der Waals surface area (Å²) in [5, 5.41) is 7.41. The van der Waals surface area contributed by atoms with Crippen LogP contribution in [0.3, 0.4) is 0 Å². The SMILES string of the molecule is CC(=O)O/N=C1/CCC/C(=N\OC(C)=O)C1. The summed E-state index contributed by atoms with van der Waals surface area (Å²) in [5.41, 5.74) is 1.49. The van der Waals surface area contributed by atoms with Gasteiger partial charge >= 0.3 is 11.9 Å². The summed E-state index contributed by atoms with van der Waals surface area (Å²) in [4.78, 5) is 30.2. The zero-order chi connectivity index (χ0) is 12.0. The van der Waals surface area contributed by atoms with Crippen LogP contribution >= 0.6 is 0 Å². The van der Waals surface area contributed by atoms with Crippen LogP contribution in [-0.4, -0.2) is 23.4 Å². The molecule has 0 aromatic carbocycles. The fourth-order valence-electron chi connectivity index (χ4n) is 1.32. The number of carbonyl (C=O) groups is 2. The van der Waals surface area contributed by atoms with Crippen molar-refractivity contribution in [3.05, 3.63) is 0 Å². The van der Waals surface area contributed by atoms with Crippen LogP contribution in [-0.2, 0) is 19.3 Å². The number of nitrogens with zero attached hydrogens (tertiary/aromatic N) is 2. The molecule has 16 heavy (non-hydrogen) atoms. The molecular formula is C10H14N2O4. The van der Waals surface area contributed by atoms with Crippen molar-refractivity contribution in [2.45, 2.75) is 39.5 Å². The summed E-state index contributed by atoms with van der Waals surface area (Å²) in [6.45, 7) is 2.58. The maximum absolute atomic E-state index is 10.6. The zero-order valence-electron chi connectivity index (χ0n) is 9.36. The van der Waals surface area contributed by atoms with Gasteiger partial charge in [0.05, 0.1) is 11.4 Å². The van der Waals surface area contributed by atoms with Crippen molar-refractivity contribution in [3.8, 4) is 0 Å². The summed E-state index contributed by atoms with van der Waals surface area (Å²) in [7, 11) is 0. The Morgan fingerprint density at radius 1 is 1.00 bits per heavy atom. The first kappa shape index (κ1) is 12.4. The Morgan fingerprint density at radius 2 is 1.44 bits per heavy atom. The molecule has 1 aliphatic carbocycles. The molecule has 6 heteroatoms. The van der Waals surface area contributed by atoms with Crippen molar-refractivity contribution in [3.63, 3.8) is 0 Å². The second kappa shape index (κ2) is 5.99. The monoisotopic (exact) mass is 226 g/mol. The first-order chi connectivity index (χ1) is 7.58. The van der Waals surface area contributed by atoms with Crippen LogP contribution in [0.25, 0.3) is 0 Å². The maximum Gasteiger partial charge on any atom is 0.331 e. The van der Waals surface area contributed by atoms with Gasteiger partial charge in [0, 0.05) is 20.3 Å². The Labute approximate surface area is 93.3 Å². The average molecular weight is 226 g/mol. The highest BCUT2D eigenvalue weighted by molar-refractivity contribution is 6.06. The first-order valence-electron chi connectivity index (χ1n) is 5.04. The number of carbonyl (C=O) groups excluding carboxylic acids is 2. The highest BCUT2D eigenvalue weighted by atomic mass is 16.7. The molecule has 0 aromatic heterocycles. The van der Waals surface area contributed by atoms with Crippen molar-refractivity contribution in [1.29, 1.82) is 0 Å². The molecule has 0 radical (unpaired) electrons. The molecule has 1 rings (SSSR count). The van der Waals surface area contributed by atoms with E-state index in [1.165, 1.54) is 13.8 Å². The van der Waals surface area contributed by atoms with Gasteiger partial charge in [-0.2, -0.15) is 0 Å². The lowest BCUT2D eigenvalue weighted by Crippen LogP contribution is -2.16. The van der Waals surface area contributed by atoms with E-state index in [2.05, 4.69) is 20.0 Å². The summed E-state index contributed by atoms with van der Waals surface area (Å²) in [5.74, 6) is -0.895. The minimum Gasteiger partial charge on any atom is -0.319 e. The van der Waals surface area contributed by atoms with Gasteiger partial charge in [-0.1, -0.05) is 10.3 Å². The minimum absolute atomic E-state index is 0.448. The molecular weight excluding hydrogens is 212 g/mol. The normalized spacial score (nSPS) is 20.9. The molecule has 1 saturated carbocycles. The molecule has 0 bridgehead atoms. The van der Waals surface area contributed by atoms with Gasteiger partial charge < -0.3 is 9.68 Å². The fourth-order valence-corrected chi connectivity index (χ4v) is 1.32. The maximum atomic E-state index is 10.6. The molecule has 1 aliphatic rings. The number of hydrogen-bond donors (Lipinski definition) is 0. The van der Waals surface area contributed by atoms with Crippen LogP contribution in [0, 0.1) is 0 Å². The van der Waals surface area contributed by atoms with Crippen molar-refractivity contribution < 1.29 is 19.3 Å². The largest absolute Gasteiger partial charge is 0.331 e. The van der Waals surface area contributed by atoms with Crippen molar-refractivity contribution in [2.75, 3.05) is 0 Å². The molecule has 6 nitrogen and oxygen atoms in total. The van der Waals surface area contributed by atoms with Gasteiger partial charge in [-0.15, -0.1) is 0 Å². The van der Waals surface area contributed by atoms with E-state index < -0.39 is 11.9 Å². The lowest BCUT2D eigenvalue weighted by atomic mass is 9.97. The van der Waals surface area contributed by atoms with Crippen LogP contribution in [0.4, 0.5) is 0 Å². The van der Waals surface area contributed by atoms with E-state index in [0.717, 1.165) is 30.7 Å². The smallest absolute Gasteiger partial charge is 0.319 e. The van der Waals surface area contributed by atoms with Crippen molar-refractivity contribution >= 4 is 23.4 Å². The van der Waals surface area contributed by atoms with Gasteiger partial charge in [-0.3, -0.25) is 0 Å². The van der Waals surface area contributed by atoms with Crippen LogP contribution < -0.4 is 0 Å². The molecule has 0 heterocycles. The molecule has 0 saturated heterocycles. The standard InChI is InChI=1S/C10H14N2O4/c1-7(13)15-11-9-4-3-5-10(6-9)12-16-8(2)14/h3-6H2,1-2H3/b11-9-,12-10+. The highest BCUT2D eigenvalue weighted by Crippen LogP contribution is 2.14. The quantitative estimate of drug-likeness (QED) is 0.526. The van der Waals surface area contributed by atoms with E-state index in [1.807, 2.05) is 0 Å². The Morgan fingerprint density at radius 3 is 1.81 bits per heavy atom. The molecule has 0 N–H and O–H groups in total. The predicted molar refractivity (Wildman–Crippen MR) is 56.9 cm³/mol. The van der Waals surface area contributed by atoms with E-state index in [0.29, 0.717) is 6.42 Å². The van der Waals surface area contributed by atoms with Crippen LogP contribution in [0.5, 0.6) is 0 Å². The molecule has 0 atom stereocenters. The Bertz CT molecular complexity index is 315. The van der Waals surface area contributed by atoms with Gasteiger partial charge in [-0.25, -0.2) is 9.59 Å². The number of hydrogen-bond acceptors (Lipinski definition) is 6. The second-order valence-corrected chi connectivity index (χ2v) is 3.51. The van der Waals surface area contributed by atoms with Crippen LogP contribution in [0.15, 0.2) is 10.3 Å². The Hall–Kier alpha value is -1.72. The van der Waals surface area contributed by atoms with Crippen molar-refractivity contribution in [1.82, 2.24) is 0 Å². The van der Waals surface area contributed by atoms with Crippen LogP contribution in [0.2, 0.25) is 0 Å². The topological polar surface area (TPSA) is 77.3 Å². The zero-order valence-corrected chi connectivity index (χ0v) is 9.36. The summed E-state index contributed by atoms with van der Waals surface area (Å²) < 4.78 is 0. The average Bonchev–Trinajstić information content (AvgIpc) is 2.24. The van der Waals surface area contributed by atoms with E-state index >= 15 is 0 Å². The Balaban J connectivity index is 2.52. The van der Waals surface area contributed by atoms with Gasteiger partial charge in [-0.05, 0) is 19.3 Å². The molecule has 0 aliphatic heterocycles. The summed E-state index contributed by atoms with van der Waals surface area (Å²) >= 11 is 0. The molecule has 88 valence electrons.